The molecule has 0 aliphatic carbocycles. The molecule has 1 aliphatic rings. The number of guanidine groups is 1. The molecule has 7 heteroatoms. The number of rotatable bonds is 4. The fraction of sp³-hybridized carbons (Fsp3) is 0.400. The Hall–Kier alpha value is -1.54. The van der Waals surface area contributed by atoms with E-state index < -0.39 is 0 Å². The SMILES string of the molecule is CN=C(NCCc1ccccn1)N1CCN(c2cc(Cl)ccc2C)CC1.I. The lowest BCUT2D eigenvalue weighted by Gasteiger charge is -2.38. The first kappa shape index (κ1) is 21.8. The van der Waals surface area contributed by atoms with Crippen molar-refractivity contribution in [2.24, 2.45) is 4.99 Å². The zero-order valence-electron chi connectivity index (χ0n) is 15.9. The highest BCUT2D eigenvalue weighted by atomic mass is 127. The summed E-state index contributed by atoms with van der Waals surface area (Å²) in [6.07, 6.45) is 2.72. The van der Waals surface area contributed by atoms with Gasteiger partial charge in [-0.15, -0.1) is 24.0 Å². The number of benzene rings is 1. The lowest BCUT2D eigenvalue weighted by Crippen LogP contribution is -2.53. The van der Waals surface area contributed by atoms with Gasteiger partial charge in [0, 0.05) is 68.8 Å². The second kappa shape index (κ2) is 10.7. The van der Waals surface area contributed by atoms with E-state index in [1.807, 2.05) is 31.4 Å². The van der Waals surface area contributed by atoms with E-state index in [2.05, 4.69) is 50.2 Å². The molecule has 1 aliphatic heterocycles. The number of hydrogen-bond acceptors (Lipinski definition) is 3. The third-order valence-electron chi connectivity index (χ3n) is 4.69. The Morgan fingerprint density at radius 3 is 2.63 bits per heavy atom. The molecule has 1 fully saturated rings. The van der Waals surface area contributed by atoms with Crippen LogP contribution in [0.4, 0.5) is 5.69 Å². The molecule has 5 nitrogen and oxygen atoms in total. The standard InChI is InChI=1S/C20H26ClN5.HI/c1-16-6-7-17(21)15-19(16)25-11-13-26(14-12-25)20(22-2)24-10-8-18-5-3-4-9-23-18;/h3-7,9,15H,8,10-14H2,1-2H3,(H,22,24);1H. The highest BCUT2D eigenvalue weighted by Crippen LogP contribution is 2.25. The maximum Gasteiger partial charge on any atom is 0.193 e. The first-order valence-corrected chi connectivity index (χ1v) is 9.42. The number of nitrogens with one attached hydrogen (secondary N) is 1. The smallest absolute Gasteiger partial charge is 0.193 e. The molecule has 2 heterocycles. The van der Waals surface area contributed by atoms with Gasteiger partial charge >= 0.3 is 0 Å². The molecule has 0 unspecified atom stereocenters. The first-order chi connectivity index (χ1) is 12.7. The van der Waals surface area contributed by atoms with Crippen LogP contribution in [0.15, 0.2) is 47.6 Å². The van der Waals surface area contributed by atoms with Gasteiger partial charge in [-0.25, -0.2) is 0 Å². The summed E-state index contributed by atoms with van der Waals surface area (Å²) in [4.78, 5) is 13.5. The van der Waals surface area contributed by atoms with Crippen LogP contribution in [0.5, 0.6) is 0 Å². The molecule has 2 aromatic rings. The van der Waals surface area contributed by atoms with E-state index >= 15 is 0 Å². The zero-order valence-corrected chi connectivity index (χ0v) is 18.9. The summed E-state index contributed by atoms with van der Waals surface area (Å²) < 4.78 is 0. The van der Waals surface area contributed by atoms with Gasteiger partial charge in [-0.2, -0.15) is 0 Å². The topological polar surface area (TPSA) is 43.8 Å². The van der Waals surface area contributed by atoms with Gasteiger partial charge < -0.3 is 15.1 Å². The van der Waals surface area contributed by atoms with Gasteiger partial charge in [-0.05, 0) is 36.8 Å². The van der Waals surface area contributed by atoms with Gasteiger partial charge in [0.15, 0.2) is 5.96 Å². The van der Waals surface area contributed by atoms with E-state index in [1.54, 1.807) is 0 Å². The van der Waals surface area contributed by atoms with Crippen LogP contribution in [-0.2, 0) is 6.42 Å². The van der Waals surface area contributed by atoms with Crippen LogP contribution >= 0.6 is 35.6 Å². The van der Waals surface area contributed by atoms with E-state index in [9.17, 15) is 0 Å². The summed E-state index contributed by atoms with van der Waals surface area (Å²) in [7, 11) is 1.84. The van der Waals surface area contributed by atoms with E-state index in [0.29, 0.717) is 0 Å². The van der Waals surface area contributed by atoms with E-state index in [1.165, 1.54) is 11.3 Å². The Morgan fingerprint density at radius 2 is 1.96 bits per heavy atom. The Morgan fingerprint density at radius 1 is 1.19 bits per heavy atom. The van der Waals surface area contributed by atoms with Crippen molar-refractivity contribution in [3.8, 4) is 0 Å². The highest BCUT2D eigenvalue weighted by Gasteiger charge is 2.20. The van der Waals surface area contributed by atoms with E-state index in [-0.39, 0.29) is 24.0 Å². The summed E-state index contributed by atoms with van der Waals surface area (Å²) in [6, 6.07) is 12.1. The third-order valence-corrected chi connectivity index (χ3v) is 4.93. The van der Waals surface area contributed by atoms with E-state index in [0.717, 1.165) is 55.8 Å². The van der Waals surface area contributed by atoms with Crippen LogP contribution in [0.1, 0.15) is 11.3 Å². The monoisotopic (exact) mass is 499 g/mol. The maximum absolute atomic E-state index is 6.17. The van der Waals surface area contributed by atoms with Gasteiger partial charge in [0.05, 0.1) is 0 Å². The van der Waals surface area contributed by atoms with Crippen LogP contribution < -0.4 is 10.2 Å². The molecule has 1 saturated heterocycles. The molecule has 0 radical (unpaired) electrons. The number of anilines is 1. The first-order valence-electron chi connectivity index (χ1n) is 9.04. The molecule has 0 saturated carbocycles. The number of aliphatic imine (C=N–C) groups is 1. The maximum atomic E-state index is 6.17. The number of aromatic nitrogens is 1. The predicted molar refractivity (Wildman–Crippen MR) is 125 cm³/mol. The Bertz CT molecular complexity index is 745. The second-order valence-corrected chi connectivity index (χ2v) is 6.89. The average Bonchev–Trinajstić information content (AvgIpc) is 2.68. The quantitative estimate of drug-likeness (QED) is 0.397. The minimum atomic E-state index is 0. The van der Waals surface area contributed by atoms with Crippen molar-refractivity contribution in [1.82, 2.24) is 15.2 Å². The lowest BCUT2D eigenvalue weighted by atomic mass is 10.1. The fourth-order valence-electron chi connectivity index (χ4n) is 3.26. The third kappa shape index (κ3) is 5.97. The molecule has 27 heavy (non-hydrogen) atoms. The van der Waals surface area contributed by atoms with Crippen LogP contribution in [0.25, 0.3) is 0 Å². The van der Waals surface area contributed by atoms with Gasteiger partial charge in [0.2, 0.25) is 0 Å². The molecular weight excluding hydrogens is 473 g/mol. The van der Waals surface area contributed by atoms with Crippen LogP contribution in [0.2, 0.25) is 5.02 Å². The summed E-state index contributed by atoms with van der Waals surface area (Å²) in [5, 5.41) is 4.25. The molecule has 1 N–H and O–H groups in total. The van der Waals surface area contributed by atoms with Crippen molar-refractivity contribution in [2.45, 2.75) is 13.3 Å². The number of hydrogen-bond donors (Lipinski definition) is 1. The second-order valence-electron chi connectivity index (χ2n) is 6.45. The molecular formula is C20H27ClIN5. The van der Waals surface area contributed by atoms with Crippen LogP contribution in [-0.4, -0.2) is 55.6 Å². The van der Waals surface area contributed by atoms with Crippen molar-refractivity contribution in [2.75, 3.05) is 44.7 Å². The molecule has 1 aromatic heterocycles. The minimum absolute atomic E-state index is 0. The molecule has 146 valence electrons. The average molecular weight is 500 g/mol. The Labute approximate surface area is 183 Å². The van der Waals surface area contributed by atoms with Crippen molar-refractivity contribution in [3.63, 3.8) is 0 Å². The molecule has 0 amide bonds. The van der Waals surface area contributed by atoms with Crippen molar-refractivity contribution < 1.29 is 0 Å². The van der Waals surface area contributed by atoms with Crippen molar-refractivity contribution in [3.05, 3.63) is 58.9 Å². The summed E-state index contributed by atoms with van der Waals surface area (Å²) in [5.41, 5.74) is 3.59. The number of nitrogens with zero attached hydrogens (tertiary/aromatic N) is 4. The minimum Gasteiger partial charge on any atom is -0.368 e. The molecule has 0 spiro atoms. The molecule has 1 aromatic carbocycles. The van der Waals surface area contributed by atoms with Crippen LogP contribution in [0, 0.1) is 6.92 Å². The summed E-state index contributed by atoms with van der Waals surface area (Å²) >= 11 is 6.17. The van der Waals surface area contributed by atoms with Crippen molar-refractivity contribution in [1.29, 1.82) is 0 Å². The van der Waals surface area contributed by atoms with E-state index in [4.69, 9.17) is 11.6 Å². The largest absolute Gasteiger partial charge is 0.368 e. The van der Waals surface area contributed by atoms with Crippen LogP contribution in [0.3, 0.4) is 0 Å². The summed E-state index contributed by atoms with van der Waals surface area (Å²) in [6.45, 7) is 6.77. The Kier molecular flexibility index (Phi) is 8.63. The zero-order chi connectivity index (χ0) is 18.4. The van der Waals surface area contributed by atoms with Crippen molar-refractivity contribution >= 4 is 47.2 Å². The molecule has 3 rings (SSSR count). The summed E-state index contributed by atoms with van der Waals surface area (Å²) in [5.74, 6) is 0.961. The molecule has 0 atom stereocenters. The van der Waals surface area contributed by atoms with Gasteiger partial charge in [-0.3, -0.25) is 9.98 Å². The van der Waals surface area contributed by atoms with Gasteiger partial charge in [0.1, 0.15) is 0 Å². The number of piperazine rings is 1. The fourth-order valence-corrected chi connectivity index (χ4v) is 3.43. The number of aryl methyl sites for hydroxylation is 1. The van der Waals surface area contributed by atoms with Gasteiger partial charge in [0.25, 0.3) is 0 Å². The Balaban J connectivity index is 0.00000261. The number of pyridine rings is 1. The normalized spacial score (nSPS) is 14.7. The van der Waals surface area contributed by atoms with Gasteiger partial charge in [-0.1, -0.05) is 23.7 Å². The lowest BCUT2D eigenvalue weighted by molar-refractivity contribution is 0.372. The predicted octanol–water partition coefficient (Wildman–Crippen LogP) is 3.60. The highest BCUT2D eigenvalue weighted by molar-refractivity contribution is 14.0. The molecule has 0 bridgehead atoms. The number of halogens is 2.